The van der Waals surface area contributed by atoms with E-state index in [2.05, 4.69) is 26.1 Å². The van der Waals surface area contributed by atoms with Crippen LogP contribution in [-0.4, -0.2) is 33.0 Å². The summed E-state index contributed by atoms with van der Waals surface area (Å²) < 4.78 is 22.8. The minimum atomic E-state index is -3.10. The van der Waals surface area contributed by atoms with Crippen molar-refractivity contribution in [1.29, 1.82) is 0 Å². The van der Waals surface area contributed by atoms with Gasteiger partial charge in [-0.05, 0) is 36.7 Å². The molecule has 0 aliphatic carbocycles. The van der Waals surface area contributed by atoms with E-state index < -0.39 is 9.84 Å². The van der Waals surface area contributed by atoms with Crippen molar-refractivity contribution in [3.63, 3.8) is 0 Å². The van der Waals surface area contributed by atoms with Crippen molar-refractivity contribution in [3.05, 3.63) is 24.3 Å². The van der Waals surface area contributed by atoms with Gasteiger partial charge in [-0.2, -0.15) is 0 Å². The van der Waals surface area contributed by atoms with Crippen LogP contribution in [0.5, 0.6) is 0 Å². The van der Waals surface area contributed by atoms with E-state index in [9.17, 15) is 8.42 Å². The molecule has 3 nitrogen and oxygen atoms in total. The lowest BCUT2D eigenvalue weighted by molar-refractivity contribution is 0.404. The summed E-state index contributed by atoms with van der Waals surface area (Å²) in [5, 5.41) is 3.52. The third kappa shape index (κ3) is 5.46. The van der Waals surface area contributed by atoms with Gasteiger partial charge >= 0.3 is 0 Å². The maximum atomic E-state index is 11.4. The Morgan fingerprint density at radius 2 is 1.80 bits per heavy atom. The van der Waals surface area contributed by atoms with Gasteiger partial charge in [0.25, 0.3) is 0 Å². The van der Waals surface area contributed by atoms with Crippen LogP contribution < -0.4 is 5.32 Å². The number of nitrogens with one attached hydrogen (secondary N) is 1. The summed E-state index contributed by atoms with van der Waals surface area (Å²) in [7, 11) is -3.10. The fourth-order valence-corrected chi connectivity index (χ4v) is 3.72. The highest BCUT2D eigenvalue weighted by Crippen LogP contribution is 2.23. The lowest BCUT2D eigenvalue weighted by Gasteiger charge is -2.23. The number of benzene rings is 1. The zero-order chi connectivity index (χ0) is 15.2. The summed E-state index contributed by atoms with van der Waals surface area (Å²) in [6.45, 7) is 7.57. The first-order chi connectivity index (χ1) is 9.38. The van der Waals surface area contributed by atoms with Crippen molar-refractivity contribution in [2.45, 2.75) is 43.0 Å². The van der Waals surface area contributed by atoms with Crippen molar-refractivity contribution >= 4 is 21.6 Å². The van der Waals surface area contributed by atoms with Crippen LogP contribution in [0.25, 0.3) is 0 Å². The topological polar surface area (TPSA) is 46.2 Å². The summed E-state index contributed by atoms with van der Waals surface area (Å²) >= 11 is 1.77. The van der Waals surface area contributed by atoms with Crippen LogP contribution in [0.1, 0.15) is 27.2 Å². The molecule has 0 amide bonds. The van der Waals surface area contributed by atoms with Crippen LogP contribution in [0, 0.1) is 5.92 Å². The number of thioether (sulfide) groups is 1. The molecule has 1 rings (SSSR count). The van der Waals surface area contributed by atoms with Crippen LogP contribution in [0.2, 0.25) is 0 Å². The van der Waals surface area contributed by atoms with Crippen molar-refractivity contribution in [2.24, 2.45) is 5.92 Å². The minimum absolute atomic E-state index is 0.381. The van der Waals surface area contributed by atoms with Crippen LogP contribution in [-0.2, 0) is 9.84 Å². The van der Waals surface area contributed by atoms with E-state index in [1.165, 1.54) is 6.26 Å². The molecule has 0 bridgehead atoms. The second kappa shape index (κ2) is 8.05. The molecular weight excluding hydrogens is 290 g/mol. The summed E-state index contributed by atoms with van der Waals surface area (Å²) in [4.78, 5) is 1.50. The Bertz CT molecular complexity index is 497. The fourth-order valence-electron chi connectivity index (χ4n) is 1.94. The molecule has 0 aromatic heterocycles. The average Bonchev–Trinajstić information content (AvgIpc) is 2.42. The van der Waals surface area contributed by atoms with Gasteiger partial charge in [-0.3, -0.25) is 0 Å². The SMILES string of the molecule is CCNC(CSc1ccc(S(C)(=O)=O)cc1)C(C)CC. The highest BCUT2D eigenvalue weighted by Gasteiger charge is 2.15. The maximum Gasteiger partial charge on any atom is 0.175 e. The van der Waals surface area contributed by atoms with Crippen LogP contribution >= 0.6 is 11.8 Å². The van der Waals surface area contributed by atoms with E-state index in [1.807, 2.05) is 12.1 Å². The van der Waals surface area contributed by atoms with Gasteiger partial charge in [0, 0.05) is 22.9 Å². The lowest BCUT2D eigenvalue weighted by atomic mass is 10.0. The molecule has 1 aromatic carbocycles. The number of hydrogen-bond acceptors (Lipinski definition) is 4. The number of hydrogen-bond donors (Lipinski definition) is 1. The largest absolute Gasteiger partial charge is 0.313 e. The Labute approximate surface area is 127 Å². The van der Waals surface area contributed by atoms with Crippen LogP contribution in [0.15, 0.2) is 34.1 Å². The molecule has 0 heterocycles. The molecule has 1 N–H and O–H groups in total. The van der Waals surface area contributed by atoms with Crippen molar-refractivity contribution in [1.82, 2.24) is 5.32 Å². The Hall–Kier alpha value is -0.520. The summed E-state index contributed by atoms with van der Waals surface area (Å²) in [6, 6.07) is 7.64. The summed E-state index contributed by atoms with van der Waals surface area (Å²) in [5.41, 5.74) is 0. The second-order valence-electron chi connectivity index (χ2n) is 5.10. The Kier molecular flexibility index (Phi) is 7.06. The monoisotopic (exact) mass is 315 g/mol. The van der Waals surface area contributed by atoms with E-state index in [1.54, 1.807) is 23.9 Å². The third-order valence-corrected chi connectivity index (χ3v) is 5.74. The Morgan fingerprint density at radius 3 is 2.25 bits per heavy atom. The Balaban J connectivity index is 2.64. The molecule has 5 heteroatoms. The molecule has 0 aliphatic rings. The first-order valence-electron chi connectivity index (χ1n) is 7.04. The molecule has 2 unspecified atom stereocenters. The van der Waals surface area contributed by atoms with E-state index in [4.69, 9.17) is 0 Å². The van der Waals surface area contributed by atoms with Gasteiger partial charge in [-0.25, -0.2) is 8.42 Å². The molecule has 2 atom stereocenters. The van der Waals surface area contributed by atoms with E-state index in [0.717, 1.165) is 23.6 Å². The van der Waals surface area contributed by atoms with Crippen LogP contribution in [0.3, 0.4) is 0 Å². The van der Waals surface area contributed by atoms with Gasteiger partial charge in [-0.15, -0.1) is 11.8 Å². The quantitative estimate of drug-likeness (QED) is 0.748. The first-order valence-corrected chi connectivity index (χ1v) is 9.92. The third-order valence-electron chi connectivity index (χ3n) is 3.48. The summed E-state index contributed by atoms with van der Waals surface area (Å²) in [6.07, 6.45) is 2.39. The summed E-state index contributed by atoms with van der Waals surface area (Å²) in [5.74, 6) is 1.64. The molecule has 1 aromatic rings. The van der Waals surface area contributed by atoms with E-state index in [-0.39, 0.29) is 0 Å². The lowest BCUT2D eigenvalue weighted by Crippen LogP contribution is -2.36. The molecule has 0 saturated heterocycles. The van der Waals surface area contributed by atoms with E-state index in [0.29, 0.717) is 16.9 Å². The predicted octanol–water partition coefficient (Wildman–Crippen LogP) is 3.21. The van der Waals surface area contributed by atoms with Gasteiger partial charge in [0.2, 0.25) is 0 Å². The van der Waals surface area contributed by atoms with Crippen molar-refractivity contribution < 1.29 is 8.42 Å². The fraction of sp³-hybridized carbons (Fsp3) is 0.600. The smallest absolute Gasteiger partial charge is 0.175 e. The first kappa shape index (κ1) is 17.5. The van der Waals surface area contributed by atoms with Gasteiger partial charge < -0.3 is 5.32 Å². The molecule has 0 aliphatic heterocycles. The number of rotatable bonds is 8. The molecule has 0 saturated carbocycles. The number of sulfone groups is 1. The molecule has 114 valence electrons. The molecule has 0 radical (unpaired) electrons. The van der Waals surface area contributed by atoms with Gasteiger partial charge in [0.05, 0.1) is 4.90 Å². The zero-order valence-electron chi connectivity index (χ0n) is 12.7. The van der Waals surface area contributed by atoms with Gasteiger partial charge in [0.15, 0.2) is 9.84 Å². The zero-order valence-corrected chi connectivity index (χ0v) is 14.4. The van der Waals surface area contributed by atoms with Gasteiger partial charge in [0.1, 0.15) is 0 Å². The predicted molar refractivity (Wildman–Crippen MR) is 87.2 cm³/mol. The highest BCUT2D eigenvalue weighted by molar-refractivity contribution is 7.99. The molecule has 0 spiro atoms. The molecule has 0 fully saturated rings. The standard InChI is InChI=1S/C15H25NO2S2/c1-5-12(3)15(16-6-2)11-19-13-7-9-14(10-8-13)20(4,17)18/h7-10,12,15-16H,5-6,11H2,1-4H3. The van der Waals surface area contributed by atoms with Crippen molar-refractivity contribution in [2.75, 3.05) is 18.6 Å². The molecular formula is C15H25NO2S2. The normalized spacial score (nSPS) is 15.0. The van der Waals surface area contributed by atoms with Gasteiger partial charge in [-0.1, -0.05) is 27.2 Å². The average molecular weight is 316 g/mol. The second-order valence-corrected chi connectivity index (χ2v) is 8.21. The van der Waals surface area contributed by atoms with Crippen molar-refractivity contribution in [3.8, 4) is 0 Å². The molecule has 20 heavy (non-hydrogen) atoms. The highest BCUT2D eigenvalue weighted by atomic mass is 32.2. The Morgan fingerprint density at radius 1 is 1.20 bits per heavy atom. The van der Waals surface area contributed by atoms with Crippen LogP contribution in [0.4, 0.5) is 0 Å². The maximum absolute atomic E-state index is 11.4. The van der Waals surface area contributed by atoms with E-state index >= 15 is 0 Å². The minimum Gasteiger partial charge on any atom is -0.313 e.